The largest absolute Gasteiger partial charge is 0.484 e. The molecule has 3 heteroatoms. The number of amides is 1. The quantitative estimate of drug-likeness (QED) is 0.910. The highest BCUT2D eigenvalue weighted by Gasteiger charge is 2.10. The summed E-state index contributed by atoms with van der Waals surface area (Å²) in [4.78, 5) is 12.0. The predicted molar refractivity (Wildman–Crippen MR) is 89.1 cm³/mol. The van der Waals surface area contributed by atoms with Crippen molar-refractivity contribution in [1.82, 2.24) is 5.32 Å². The second-order valence-electron chi connectivity index (χ2n) is 5.74. The summed E-state index contributed by atoms with van der Waals surface area (Å²) >= 11 is 0. The van der Waals surface area contributed by atoms with Crippen molar-refractivity contribution in [3.63, 3.8) is 0 Å². The summed E-state index contributed by atoms with van der Waals surface area (Å²) in [6.45, 7) is 8.16. The van der Waals surface area contributed by atoms with Crippen LogP contribution in [0.2, 0.25) is 0 Å². The first-order chi connectivity index (χ1) is 10.5. The summed E-state index contributed by atoms with van der Waals surface area (Å²) < 4.78 is 5.52. The molecule has 1 amide bonds. The van der Waals surface area contributed by atoms with Crippen LogP contribution in [0.4, 0.5) is 0 Å². The maximum Gasteiger partial charge on any atom is 0.258 e. The third-order valence-electron chi connectivity index (χ3n) is 3.77. The molecule has 0 unspecified atom stereocenters. The van der Waals surface area contributed by atoms with Crippen molar-refractivity contribution in [3.8, 4) is 5.75 Å². The standard InChI is InChI=1S/C19H23NO2/c1-13-6-5-7-18(10-13)22-12-19(21)20-16(4)17-9-8-14(2)15(3)11-17/h5-11,16H,12H2,1-4H3,(H,20,21)/t16-/m0/s1. The molecule has 3 nitrogen and oxygen atoms in total. The fourth-order valence-electron chi connectivity index (χ4n) is 2.25. The van der Waals surface area contributed by atoms with Gasteiger partial charge in [-0.1, -0.05) is 30.3 Å². The third-order valence-corrected chi connectivity index (χ3v) is 3.77. The lowest BCUT2D eigenvalue weighted by Gasteiger charge is -2.16. The van der Waals surface area contributed by atoms with Gasteiger partial charge in [-0.3, -0.25) is 4.79 Å². The normalized spacial score (nSPS) is 11.8. The summed E-state index contributed by atoms with van der Waals surface area (Å²) in [6.07, 6.45) is 0. The van der Waals surface area contributed by atoms with Crippen molar-refractivity contribution in [2.45, 2.75) is 33.7 Å². The van der Waals surface area contributed by atoms with Crippen LogP contribution in [-0.4, -0.2) is 12.5 Å². The number of hydrogen-bond acceptors (Lipinski definition) is 2. The molecular weight excluding hydrogens is 274 g/mol. The Balaban J connectivity index is 1.89. The Bertz CT molecular complexity index is 664. The Morgan fingerprint density at radius 2 is 1.86 bits per heavy atom. The van der Waals surface area contributed by atoms with Crippen LogP contribution in [0.25, 0.3) is 0 Å². The van der Waals surface area contributed by atoms with Gasteiger partial charge in [-0.15, -0.1) is 0 Å². The van der Waals surface area contributed by atoms with Gasteiger partial charge in [0, 0.05) is 0 Å². The van der Waals surface area contributed by atoms with Crippen LogP contribution in [0.15, 0.2) is 42.5 Å². The van der Waals surface area contributed by atoms with E-state index in [1.807, 2.05) is 38.1 Å². The number of benzene rings is 2. The van der Waals surface area contributed by atoms with Crippen LogP contribution >= 0.6 is 0 Å². The highest BCUT2D eigenvalue weighted by molar-refractivity contribution is 5.78. The fourth-order valence-corrected chi connectivity index (χ4v) is 2.25. The van der Waals surface area contributed by atoms with Gasteiger partial charge in [0.2, 0.25) is 0 Å². The van der Waals surface area contributed by atoms with Crippen molar-refractivity contribution in [2.75, 3.05) is 6.61 Å². The Kier molecular flexibility index (Phi) is 5.21. The summed E-state index contributed by atoms with van der Waals surface area (Å²) in [6, 6.07) is 13.9. The topological polar surface area (TPSA) is 38.3 Å². The highest BCUT2D eigenvalue weighted by atomic mass is 16.5. The summed E-state index contributed by atoms with van der Waals surface area (Å²) in [5, 5.41) is 2.96. The summed E-state index contributed by atoms with van der Waals surface area (Å²) in [7, 11) is 0. The van der Waals surface area contributed by atoms with E-state index in [4.69, 9.17) is 4.74 Å². The van der Waals surface area contributed by atoms with E-state index in [0.29, 0.717) is 5.75 Å². The molecular formula is C19H23NO2. The summed E-state index contributed by atoms with van der Waals surface area (Å²) in [5.41, 5.74) is 4.70. The molecule has 2 aromatic rings. The molecule has 0 spiro atoms. The van der Waals surface area contributed by atoms with Crippen LogP contribution < -0.4 is 10.1 Å². The molecule has 0 aliphatic carbocycles. The third kappa shape index (κ3) is 4.35. The minimum Gasteiger partial charge on any atom is -0.484 e. The zero-order chi connectivity index (χ0) is 16.1. The lowest BCUT2D eigenvalue weighted by atomic mass is 10.0. The molecule has 0 aliphatic heterocycles. The molecule has 22 heavy (non-hydrogen) atoms. The maximum absolute atomic E-state index is 12.0. The van der Waals surface area contributed by atoms with Crippen LogP contribution in [0.1, 0.15) is 35.2 Å². The van der Waals surface area contributed by atoms with Gasteiger partial charge >= 0.3 is 0 Å². The molecule has 0 heterocycles. The molecule has 0 fully saturated rings. The Morgan fingerprint density at radius 3 is 2.55 bits per heavy atom. The average molecular weight is 297 g/mol. The average Bonchev–Trinajstić information content (AvgIpc) is 2.48. The molecule has 0 aromatic heterocycles. The van der Waals surface area contributed by atoms with Gasteiger partial charge in [0.25, 0.3) is 5.91 Å². The highest BCUT2D eigenvalue weighted by Crippen LogP contribution is 2.17. The maximum atomic E-state index is 12.0. The van der Waals surface area contributed by atoms with Crippen LogP contribution in [0.3, 0.4) is 0 Å². The van der Waals surface area contributed by atoms with Gasteiger partial charge in [0.1, 0.15) is 5.75 Å². The number of ether oxygens (including phenoxy) is 1. The van der Waals surface area contributed by atoms with Gasteiger partial charge in [0.15, 0.2) is 6.61 Å². The molecule has 2 aromatic carbocycles. The molecule has 1 atom stereocenters. The molecule has 0 radical (unpaired) electrons. The number of hydrogen-bond donors (Lipinski definition) is 1. The van der Waals surface area contributed by atoms with Crippen LogP contribution in [-0.2, 0) is 4.79 Å². The van der Waals surface area contributed by atoms with Crippen molar-refractivity contribution >= 4 is 5.91 Å². The van der Waals surface area contributed by atoms with Crippen molar-refractivity contribution in [2.24, 2.45) is 0 Å². The van der Waals surface area contributed by atoms with E-state index >= 15 is 0 Å². The van der Waals surface area contributed by atoms with E-state index < -0.39 is 0 Å². The number of carbonyl (C=O) groups excluding carboxylic acids is 1. The molecule has 1 N–H and O–H groups in total. The predicted octanol–water partition coefficient (Wildman–Crippen LogP) is 3.87. The molecule has 116 valence electrons. The lowest BCUT2D eigenvalue weighted by Crippen LogP contribution is -2.31. The lowest BCUT2D eigenvalue weighted by molar-refractivity contribution is -0.123. The Morgan fingerprint density at radius 1 is 1.09 bits per heavy atom. The number of carbonyl (C=O) groups is 1. The molecule has 0 saturated carbocycles. The molecule has 2 rings (SSSR count). The number of aryl methyl sites for hydroxylation is 3. The van der Waals surface area contributed by atoms with E-state index in [0.717, 1.165) is 11.1 Å². The number of nitrogens with one attached hydrogen (secondary N) is 1. The van der Waals surface area contributed by atoms with Gasteiger partial charge in [0.05, 0.1) is 6.04 Å². The second kappa shape index (κ2) is 7.12. The zero-order valence-electron chi connectivity index (χ0n) is 13.6. The molecule has 0 saturated heterocycles. The van der Waals surface area contributed by atoms with Crippen molar-refractivity contribution < 1.29 is 9.53 Å². The van der Waals surface area contributed by atoms with Crippen molar-refractivity contribution in [1.29, 1.82) is 0 Å². The first-order valence-corrected chi connectivity index (χ1v) is 7.51. The molecule has 0 bridgehead atoms. The molecule has 0 aliphatic rings. The Hall–Kier alpha value is -2.29. The minimum atomic E-state index is -0.118. The van der Waals surface area contributed by atoms with Gasteiger partial charge < -0.3 is 10.1 Å². The van der Waals surface area contributed by atoms with Gasteiger partial charge in [-0.05, 0) is 62.1 Å². The van der Waals surface area contributed by atoms with E-state index in [2.05, 4.69) is 37.4 Å². The van der Waals surface area contributed by atoms with Crippen LogP contribution in [0, 0.1) is 20.8 Å². The first kappa shape index (κ1) is 16.1. The zero-order valence-corrected chi connectivity index (χ0v) is 13.6. The Labute approximate surface area is 132 Å². The second-order valence-corrected chi connectivity index (χ2v) is 5.74. The minimum absolute atomic E-state index is 0.0264. The number of rotatable bonds is 5. The van der Waals surface area contributed by atoms with E-state index in [1.165, 1.54) is 11.1 Å². The fraction of sp³-hybridized carbons (Fsp3) is 0.316. The SMILES string of the molecule is Cc1cccc(OCC(=O)N[C@@H](C)c2ccc(C)c(C)c2)c1. The van der Waals surface area contributed by atoms with E-state index in [1.54, 1.807) is 0 Å². The van der Waals surface area contributed by atoms with E-state index in [-0.39, 0.29) is 18.6 Å². The first-order valence-electron chi connectivity index (χ1n) is 7.51. The van der Waals surface area contributed by atoms with Gasteiger partial charge in [-0.25, -0.2) is 0 Å². The van der Waals surface area contributed by atoms with Gasteiger partial charge in [-0.2, -0.15) is 0 Å². The van der Waals surface area contributed by atoms with Crippen LogP contribution in [0.5, 0.6) is 5.75 Å². The summed E-state index contributed by atoms with van der Waals surface area (Å²) in [5.74, 6) is 0.598. The monoisotopic (exact) mass is 297 g/mol. The smallest absolute Gasteiger partial charge is 0.258 e. The van der Waals surface area contributed by atoms with Crippen molar-refractivity contribution in [3.05, 3.63) is 64.7 Å². The van der Waals surface area contributed by atoms with E-state index in [9.17, 15) is 4.79 Å².